The molecular weight excluding hydrogens is 551 g/mol. The van der Waals surface area contributed by atoms with E-state index in [0.29, 0.717) is 5.56 Å². The Morgan fingerprint density at radius 2 is 2.12 bits per heavy atom. The van der Waals surface area contributed by atoms with Crippen molar-refractivity contribution in [2.45, 2.75) is 42.2 Å². The van der Waals surface area contributed by atoms with Crippen molar-refractivity contribution in [2.75, 3.05) is 5.73 Å². The van der Waals surface area contributed by atoms with Crippen LogP contribution in [0.15, 0.2) is 35.7 Å². The van der Waals surface area contributed by atoms with E-state index in [1.54, 1.807) is 6.07 Å². The molecule has 1 aliphatic carbocycles. The van der Waals surface area contributed by atoms with E-state index < -0.39 is 54.2 Å². The molecule has 1 aliphatic heterocycles. The number of hydrogen-bond donors (Lipinski definition) is 5. The minimum atomic E-state index is -2.92. The fourth-order valence-electron chi connectivity index (χ4n) is 4.83. The number of alkyl halides is 1. The van der Waals surface area contributed by atoms with Crippen LogP contribution in [0.25, 0.3) is 33.0 Å². The average Bonchev–Trinajstić information content (AvgIpc) is 3.43. The maximum Gasteiger partial charge on any atom is 0.348 e. The second-order valence-corrected chi connectivity index (χ2v) is 9.25. The number of nitrogen functional groups attached to an aromatic ring is 1. The van der Waals surface area contributed by atoms with Gasteiger partial charge in [0.2, 0.25) is 11.8 Å². The fraction of sp³-hybridized carbons (Fsp3) is 0.333. The number of aromatic amines is 1. The molecule has 0 amide bonds. The second-order valence-electron chi connectivity index (χ2n) is 9.25. The molecule has 5 atom stereocenters. The van der Waals surface area contributed by atoms with Crippen molar-refractivity contribution in [1.29, 1.82) is 0 Å². The number of hydrogen-bond acceptors (Lipinski definition) is 13. The van der Waals surface area contributed by atoms with E-state index >= 15 is 4.39 Å². The zero-order valence-corrected chi connectivity index (χ0v) is 20.3. The second kappa shape index (κ2) is 9.13. The topological polar surface area (TPSA) is 286 Å². The first-order chi connectivity index (χ1) is 19.6. The minimum Gasteiger partial charge on any atom is -0.479 e. The van der Waals surface area contributed by atoms with Gasteiger partial charge in [-0.15, -0.1) is 10.2 Å². The molecule has 20 heteroatoms. The molecule has 19 nitrogen and oxygen atoms in total. The van der Waals surface area contributed by atoms with Crippen LogP contribution >= 0.6 is 0 Å². The number of nitrogens with zero attached hydrogens (tertiary/aromatic N) is 10. The fourth-order valence-corrected chi connectivity index (χ4v) is 4.83. The van der Waals surface area contributed by atoms with E-state index in [2.05, 4.69) is 45.6 Å². The van der Waals surface area contributed by atoms with E-state index in [-0.39, 0.29) is 34.3 Å². The molecular formula is C21H17FN12O7. The van der Waals surface area contributed by atoms with Gasteiger partial charge in [0, 0.05) is 16.9 Å². The van der Waals surface area contributed by atoms with Crippen LogP contribution in [0.3, 0.4) is 0 Å². The van der Waals surface area contributed by atoms with Gasteiger partial charge in [0.05, 0.1) is 6.33 Å². The number of nitrogens with one attached hydrogen (secondary N) is 1. The van der Waals surface area contributed by atoms with E-state index in [9.17, 15) is 24.9 Å². The van der Waals surface area contributed by atoms with Crippen LogP contribution < -0.4 is 5.73 Å². The Kier molecular flexibility index (Phi) is 5.78. The highest BCUT2D eigenvalue weighted by molar-refractivity contribution is 6.02. The standard InChI is InChI=1S/C21H17FN12O7/c22-10-16(34-6-25-9-13(23)26-19(30-31-24)27-15(9)34)40-11-12(21(10,11)39)41-20(17(35)36,18(37)38)5-7-2-1-3-8(4-7)14-28-32-33-29-14/h1-4,6,10-12,16,39H,5H2,(H,35,36)(H,37,38)(H2,23,26,27)(H,28,29,32,33)/t10-,11-,12?,16-,21+/m1/s1. The third-order valence-corrected chi connectivity index (χ3v) is 6.90. The van der Waals surface area contributed by atoms with E-state index in [4.69, 9.17) is 20.7 Å². The van der Waals surface area contributed by atoms with Crippen molar-refractivity contribution < 1.29 is 38.8 Å². The van der Waals surface area contributed by atoms with Crippen molar-refractivity contribution in [3.05, 3.63) is 46.6 Å². The van der Waals surface area contributed by atoms with Gasteiger partial charge in [0.25, 0.3) is 5.60 Å². The molecule has 1 saturated heterocycles. The molecule has 1 aromatic carbocycles. The molecule has 2 aliphatic rings. The van der Waals surface area contributed by atoms with Crippen LogP contribution in [-0.4, -0.2) is 97.0 Å². The number of aliphatic carboxylic acids is 2. The van der Waals surface area contributed by atoms with Gasteiger partial charge in [-0.1, -0.05) is 18.2 Å². The number of benzene rings is 1. The zero-order chi connectivity index (χ0) is 29.1. The van der Waals surface area contributed by atoms with E-state index in [1.807, 2.05) is 0 Å². The van der Waals surface area contributed by atoms with E-state index in [0.717, 1.165) is 10.9 Å². The Bertz CT molecular complexity index is 1730. The lowest BCUT2D eigenvalue weighted by Gasteiger charge is -2.29. The predicted octanol–water partition coefficient (Wildman–Crippen LogP) is 0.0465. The Labute approximate surface area is 225 Å². The van der Waals surface area contributed by atoms with Crippen molar-refractivity contribution in [3.63, 3.8) is 0 Å². The first kappa shape index (κ1) is 26.0. The summed E-state index contributed by atoms with van der Waals surface area (Å²) in [5.74, 6) is -4.11. The number of carboxylic acids is 2. The van der Waals surface area contributed by atoms with Gasteiger partial charge >= 0.3 is 11.9 Å². The summed E-state index contributed by atoms with van der Waals surface area (Å²) in [6, 6.07) is 6.04. The van der Waals surface area contributed by atoms with Crippen LogP contribution in [0.5, 0.6) is 0 Å². The first-order valence-corrected chi connectivity index (χ1v) is 11.6. The van der Waals surface area contributed by atoms with Gasteiger partial charge in [0.15, 0.2) is 29.5 Å². The van der Waals surface area contributed by atoms with Gasteiger partial charge in [0.1, 0.15) is 17.7 Å². The number of aromatic nitrogens is 8. The van der Waals surface area contributed by atoms with Crippen LogP contribution in [-0.2, 0) is 25.5 Å². The molecule has 6 N–H and O–H groups in total. The third kappa shape index (κ3) is 3.89. The summed E-state index contributed by atoms with van der Waals surface area (Å²) >= 11 is 0. The molecule has 3 aromatic heterocycles. The number of carbonyl (C=O) groups is 2. The summed E-state index contributed by atoms with van der Waals surface area (Å²) in [6.45, 7) is 0. The number of imidazole rings is 1. The van der Waals surface area contributed by atoms with Crippen LogP contribution in [0.1, 0.15) is 11.8 Å². The largest absolute Gasteiger partial charge is 0.479 e. The molecule has 6 rings (SSSR count). The lowest BCUT2D eigenvalue weighted by molar-refractivity contribution is -0.194. The molecule has 210 valence electrons. The van der Waals surface area contributed by atoms with Crippen LogP contribution in [0.2, 0.25) is 0 Å². The highest BCUT2D eigenvalue weighted by atomic mass is 19.1. The summed E-state index contributed by atoms with van der Waals surface area (Å²) in [5.41, 5.74) is 9.75. The maximum atomic E-state index is 15.7. The van der Waals surface area contributed by atoms with Crippen molar-refractivity contribution in [1.82, 2.24) is 40.1 Å². The summed E-state index contributed by atoms with van der Waals surface area (Å²) in [7, 11) is 0. The number of aliphatic hydroxyl groups is 1. The summed E-state index contributed by atoms with van der Waals surface area (Å²) in [5, 5.41) is 47.7. The van der Waals surface area contributed by atoms with Gasteiger partial charge in [-0.05, 0) is 27.5 Å². The van der Waals surface area contributed by atoms with Gasteiger partial charge in [-0.2, -0.15) is 5.21 Å². The number of halogens is 1. The number of fused-ring (bicyclic) bond motifs is 2. The SMILES string of the molecule is [N-]=[N+]=Nc1nc(N)c2ncn([C@@H]3O[C@@H]4C(OC(Cc5cccc(-c6nn[nH]n6)c5)(C(=O)O)C(=O)O)[C@]4(O)[C@@H]3F)c2n1. The smallest absolute Gasteiger partial charge is 0.348 e. The molecule has 0 spiro atoms. The molecule has 4 heterocycles. The molecule has 2 fully saturated rings. The number of azide groups is 1. The van der Waals surface area contributed by atoms with Gasteiger partial charge in [-0.3, -0.25) is 4.57 Å². The molecule has 4 aromatic rings. The highest BCUT2D eigenvalue weighted by Gasteiger charge is 2.80. The number of carboxylic acid groups (broad SMARTS) is 2. The lowest BCUT2D eigenvalue weighted by Crippen LogP contribution is -2.53. The molecule has 41 heavy (non-hydrogen) atoms. The molecule has 1 saturated carbocycles. The quantitative estimate of drug-likeness (QED) is 0.0771. The first-order valence-electron chi connectivity index (χ1n) is 11.6. The number of nitrogens with two attached hydrogens (primary N) is 1. The molecule has 1 unspecified atom stereocenters. The number of H-pyrrole nitrogens is 1. The highest BCUT2D eigenvalue weighted by Crippen LogP contribution is 2.58. The maximum absolute atomic E-state index is 15.7. The van der Waals surface area contributed by atoms with Crippen molar-refractivity contribution >= 4 is 34.9 Å². The van der Waals surface area contributed by atoms with Crippen LogP contribution in [0, 0.1) is 0 Å². The van der Waals surface area contributed by atoms with Crippen LogP contribution in [0.4, 0.5) is 16.2 Å². The Hall–Kier alpha value is -5.30. The third-order valence-electron chi connectivity index (χ3n) is 6.90. The summed E-state index contributed by atoms with van der Waals surface area (Å²) in [4.78, 5) is 39.0. The van der Waals surface area contributed by atoms with E-state index in [1.165, 1.54) is 18.2 Å². The Balaban J connectivity index is 1.27. The number of ether oxygens (including phenoxy) is 2. The van der Waals surface area contributed by atoms with Crippen molar-refractivity contribution in [3.8, 4) is 11.4 Å². The van der Waals surface area contributed by atoms with Crippen molar-refractivity contribution in [2.24, 2.45) is 5.11 Å². The average molecular weight is 568 g/mol. The number of rotatable bonds is 9. The lowest BCUT2D eigenvalue weighted by atomic mass is 9.93. The summed E-state index contributed by atoms with van der Waals surface area (Å²) in [6.07, 6.45) is -6.48. The Morgan fingerprint density at radius 3 is 2.76 bits per heavy atom. The van der Waals surface area contributed by atoms with Gasteiger partial charge in [-0.25, -0.2) is 28.9 Å². The monoisotopic (exact) mass is 568 g/mol. The Morgan fingerprint density at radius 1 is 1.34 bits per heavy atom. The number of tetrazole rings is 1. The predicted molar refractivity (Wildman–Crippen MR) is 128 cm³/mol. The molecule has 0 radical (unpaired) electrons. The minimum absolute atomic E-state index is 0.0388. The van der Waals surface area contributed by atoms with Gasteiger partial charge < -0.3 is 30.5 Å². The zero-order valence-electron chi connectivity index (χ0n) is 20.3. The summed E-state index contributed by atoms with van der Waals surface area (Å²) < 4.78 is 27.9. The number of anilines is 1. The normalized spacial score (nSPS) is 25.0. The molecule has 0 bridgehead atoms.